The lowest BCUT2D eigenvalue weighted by atomic mass is 10.1. The van der Waals surface area contributed by atoms with Gasteiger partial charge >= 0.3 is 17.9 Å². The molecule has 8 heteroatoms. The number of hydrogen-bond acceptors (Lipinski definition) is 8. The molecular formula is C33H44O8. The summed E-state index contributed by atoms with van der Waals surface area (Å²) in [6.45, 7) is 6.93. The number of benzene rings is 2. The summed E-state index contributed by atoms with van der Waals surface area (Å²) in [5, 5.41) is 10.9. The zero-order valence-corrected chi connectivity index (χ0v) is 24.8. The fourth-order valence-electron chi connectivity index (χ4n) is 4.29. The molecule has 0 aliphatic carbocycles. The fourth-order valence-corrected chi connectivity index (χ4v) is 4.29. The molecule has 0 saturated carbocycles. The highest BCUT2D eigenvalue weighted by molar-refractivity contribution is 5.74. The van der Waals surface area contributed by atoms with E-state index in [9.17, 15) is 19.5 Å². The van der Waals surface area contributed by atoms with Crippen LogP contribution in [0.3, 0.4) is 0 Å². The van der Waals surface area contributed by atoms with Crippen LogP contribution in [0, 0.1) is 0 Å². The minimum atomic E-state index is -1.07. The van der Waals surface area contributed by atoms with E-state index in [2.05, 4.69) is 6.92 Å². The lowest BCUT2D eigenvalue weighted by Crippen LogP contribution is -2.08. The van der Waals surface area contributed by atoms with Gasteiger partial charge in [0.2, 0.25) is 0 Å². The quantitative estimate of drug-likeness (QED) is 0.112. The maximum absolute atomic E-state index is 12.4. The van der Waals surface area contributed by atoms with Crippen molar-refractivity contribution in [3.63, 3.8) is 0 Å². The Bertz CT molecular complexity index is 1150. The number of aliphatic hydroxyl groups excluding tert-OH is 1. The topological polar surface area (TPSA) is 108 Å². The maximum atomic E-state index is 12.4. The number of hydrogen-bond donors (Lipinski definition) is 1. The second kappa shape index (κ2) is 18.7. The normalized spacial score (nSPS) is 11.7. The molecule has 0 bridgehead atoms. The number of unbranched alkanes of at least 4 members (excludes halogenated alkanes) is 8. The molecule has 0 amide bonds. The van der Waals surface area contributed by atoms with Crippen LogP contribution in [-0.2, 0) is 14.4 Å². The molecule has 0 aliphatic heterocycles. The molecule has 1 atom stereocenters. The van der Waals surface area contributed by atoms with Gasteiger partial charge < -0.3 is 24.1 Å². The second-order valence-electron chi connectivity index (χ2n) is 9.88. The first-order chi connectivity index (χ1) is 19.7. The molecule has 2 aromatic carbocycles. The van der Waals surface area contributed by atoms with E-state index < -0.39 is 18.0 Å². The average molecular weight is 569 g/mol. The van der Waals surface area contributed by atoms with E-state index in [0.717, 1.165) is 19.3 Å². The van der Waals surface area contributed by atoms with Crippen molar-refractivity contribution < 1.29 is 38.4 Å². The van der Waals surface area contributed by atoms with E-state index in [0.29, 0.717) is 35.7 Å². The summed E-state index contributed by atoms with van der Waals surface area (Å²) in [6.07, 6.45) is 13.0. The number of aliphatic hydroxyl groups is 1. The van der Waals surface area contributed by atoms with Crippen molar-refractivity contribution in [2.24, 2.45) is 0 Å². The zero-order chi connectivity index (χ0) is 30.0. The average Bonchev–Trinajstić information content (AvgIpc) is 2.91. The number of carbonyl (C=O) groups is 3. The van der Waals surface area contributed by atoms with E-state index in [-0.39, 0.29) is 17.5 Å². The largest absolute Gasteiger partial charge is 0.493 e. The van der Waals surface area contributed by atoms with Crippen molar-refractivity contribution in [3.8, 4) is 23.0 Å². The Balaban J connectivity index is 2.00. The molecule has 224 valence electrons. The first-order valence-electron chi connectivity index (χ1n) is 14.6. The van der Waals surface area contributed by atoms with E-state index in [1.807, 2.05) is 6.92 Å². The minimum absolute atomic E-state index is 0.180. The third-order valence-corrected chi connectivity index (χ3v) is 6.28. The monoisotopic (exact) mass is 568 g/mol. The SMILES string of the molecule is CCCCCCCCCCCC(=O)Oc1ccc(C(O)C=Cc2ccc(OC(C)=O)cc2OC(C)=O)c(OCC)c1. The summed E-state index contributed by atoms with van der Waals surface area (Å²) in [4.78, 5) is 35.2. The van der Waals surface area contributed by atoms with Gasteiger partial charge in [-0.1, -0.05) is 70.4 Å². The second-order valence-corrected chi connectivity index (χ2v) is 9.88. The van der Waals surface area contributed by atoms with E-state index >= 15 is 0 Å². The lowest BCUT2D eigenvalue weighted by molar-refractivity contribution is -0.135. The first-order valence-corrected chi connectivity index (χ1v) is 14.6. The van der Waals surface area contributed by atoms with E-state index in [4.69, 9.17) is 18.9 Å². The Morgan fingerprint density at radius 3 is 1.98 bits per heavy atom. The highest BCUT2D eigenvalue weighted by atomic mass is 16.5. The maximum Gasteiger partial charge on any atom is 0.311 e. The van der Waals surface area contributed by atoms with Gasteiger partial charge in [-0.2, -0.15) is 0 Å². The van der Waals surface area contributed by atoms with Gasteiger partial charge in [0.15, 0.2) is 0 Å². The van der Waals surface area contributed by atoms with E-state index in [1.165, 1.54) is 64.5 Å². The van der Waals surface area contributed by atoms with Crippen LogP contribution >= 0.6 is 0 Å². The van der Waals surface area contributed by atoms with Crippen LogP contribution in [0.4, 0.5) is 0 Å². The zero-order valence-electron chi connectivity index (χ0n) is 24.8. The molecule has 8 nitrogen and oxygen atoms in total. The Labute approximate surface area is 243 Å². The summed E-state index contributed by atoms with van der Waals surface area (Å²) in [5.41, 5.74) is 0.975. The van der Waals surface area contributed by atoms with Crippen LogP contribution in [0.25, 0.3) is 6.08 Å². The van der Waals surface area contributed by atoms with E-state index in [1.54, 1.807) is 36.4 Å². The third kappa shape index (κ3) is 13.0. The molecule has 1 N–H and O–H groups in total. The van der Waals surface area contributed by atoms with Gasteiger partial charge in [-0.05, 0) is 37.6 Å². The molecule has 0 radical (unpaired) electrons. The van der Waals surface area contributed by atoms with Crippen molar-refractivity contribution in [2.75, 3.05) is 6.61 Å². The summed E-state index contributed by atoms with van der Waals surface area (Å²) in [7, 11) is 0. The van der Waals surface area contributed by atoms with Crippen molar-refractivity contribution in [2.45, 2.75) is 98.0 Å². The molecule has 0 aliphatic rings. The summed E-state index contributed by atoms with van der Waals surface area (Å²) < 4.78 is 21.6. The smallest absolute Gasteiger partial charge is 0.311 e. The van der Waals surface area contributed by atoms with Gasteiger partial charge in [-0.25, -0.2) is 0 Å². The summed E-state index contributed by atoms with van der Waals surface area (Å²) in [6, 6.07) is 9.48. The van der Waals surface area contributed by atoms with Crippen LogP contribution < -0.4 is 18.9 Å². The van der Waals surface area contributed by atoms with Gasteiger partial charge in [0.25, 0.3) is 0 Å². The molecular weight excluding hydrogens is 524 g/mol. The van der Waals surface area contributed by atoms with Gasteiger partial charge in [0, 0.05) is 43.5 Å². The molecule has 2 aromatic rings. The molecule has 0 spiro atoms. The third-order valence-electron chi connectivity index (χ3n) is 6.28. The van der Waals surface area contributed by atoms with Crippen molar-refractivity contribution in [3.05, 3.63) is 53.6 Å². The molecule has 0 heterocycles. The van der Waals surface area contributed by atoms with Gasteiger partial charge in [0.1, 0.15) is 29.1 Å². The molecule has 0 saturated heterocycles. The molecule has 0 aromatic heterocycles. The Kier molecular flexibility index (Phi) is 15.3. The van der Waals surface area contributed by atoms with Gasteiger partial charge in [-0.3, -0.25) is 14.4 Å². The summed E-state index contributed by atoms with van der Waals surface area (Å²) >= 11 is 0. The number of ether oxygens (including phenoxy) is 4. The number of esters is 3. The molecule has 41 heavy (non-hydrogen) atoms. The Hall–Kier alpha value is -3.65. The Morgan fingerprint density at radius 1 is 0.756 bits per heavy atom. The summed E-state index contributed by atoms with van der Waals surface area (Å²) in [5.74, 6) is -0.179. The predicted molar refractivity (Wildman–Crippen MR) is 158 cm³/mol. The standard InChI is InChI=1S/C33H44O8/c1-5-7-8-9-10-11-12-13-14-15-33(37)41-28-19-20-29(32(23-28)38-6-2)30(36)21-17-26-16-18-27(39-24(3)34)22-31(26)40-25(4)35/h16-23,30,36H,5-15H2,1-4H3. The van der Waals surface area contributed by atoms with Crippen molar-refractivity contribution in [1.29, 1.82) is 0 Å². The minimum Gasteiger partial charge on any atom is -0.493 e. The van der Waals surface area contributed by atoms with Crippen LogP contribution in [-0.4, -0.2) is 29.6 Å². The first kappa shape index (κ1) is 33.6. The van der Waals surface area contributed by atoms with Gasteiger partial charge in [-0.15, -0.1) is 0 Å². The van der Waals surface area contributed by atoms with Crippen molar-refractivity contribution >= 4 is 24.0 Å². The number of rotatable bonds is 18. The molecule has 0 fully saturated rings. The highest BCUT2D eigenvalue weighted by Crippen LogP contribution is 2.33. The molecule has 1 unspecified atom stereocenters. The fraction of sp³-hybridized carbons (Fsp3) is 0.485. The van der Waals surface area contributed by atoms with Crippen LogP contribution in [0.1, 0.15) is 109 Å². The Morgan fingerprint density at radius 2 is 1.34 bits per heavy atom. The molecule has 2 rings (SSSR count). The highest BCUT2D eigenvalue weighted by Gasteiger charge is 2.15. The number of carbonyl (C=O) groups excluding carboxylic acids is 3. The van der Waals surface area contributed by atoms with Crippen LogP contribution in [0.15, 0.2) is 42.5 Å². The van der Waals surface area contributed by atoms with Crippen LogP contribution in [0.5, 0.6) is 23.0 Å². The lowest BCUT2D eigenvalue weighted by Gasteiger charge is -2.15. The van der Waals surface area contributed by atoms with Crippen molar-refractivity contribution in [1.82, 2.24) is 0 Å². The predicted octanol–water partition coefficient (Wildman–Crippen LogP) is 7.51. The van der Waals surface area contributed by atoms with Crippen LogP contribution in [0.2, 0.25) is 0 Å². The van der Waals surface area contributed by atoms with Gasteiger partial charge in [0.05, 0.1) is 6.61 Å².